The first-order valence-electron chi connectivity index (χ1n) is 8.20. The van der Waals surface area contributed by atoms with Crippen molar-refractivity contribution >= 4 is 23.4 Å². The van der Waals surface area contributed by atoms with Gasteiger partial charge >= 0.3 is 0 Å². The number of para-hydroxylation sites is 1. The fraction of sp³-hybridized carbons (Fsp3) is 0.105. The number of carbonyl (C=O) groups excluding carboxylic acids is 2. The minimum Gasteiger partial charge on any atom is -0.507 e. The molecule has 0 spiro atoms. The van der Waals surface area contributed by atoms with Crippen molar-refractivity contribution in [2.45, 2.75) is 0 Å². The highest BCUT2D eigenvalue weighted by molar-refractivity contribution is 6.30. The second kappa shape index (κ2) is 8.37. The van der Waals surface area contributed by atoms with E-state index >= 15 is 0 Å². The lowest BCUT2D eigenvalue weighted by Gasteiger charge is -2.08. The molecule has 2 aromatic carbocycles. The lowest BCUT2D eigenvalue weighted by molar-refractivity contribution is 0.0926. The summed E-state index contributed by atoms with van der Waals surface area (Å²) in [4.78, 5) is 24.4. The summed E-state index contributed by atoms with van der Waals surface area (Å²) >= 11 is 5.88. The van der Waals surface area contributed by atoms with Crippen LogP contribution in [0.4, 0.5) is 0 Å². The molecule has 27 heavy (non-hydrogen) atoms. The van der Waals surface area contributed by atoms with E-state index in [1.54, 1.807) is 36.4 Å². The number of phenols is 1. The number of aromatic amines is 1. The first-order valence-corrected chi connectivity index (χ1v) is 8.58. The average molecular weight is 385 g/mol. The van der Waals surface area contributed by atoms with E-state index in [4.69, 9.17) is 11.6 Å². The third-order valence-corrected chi connectivity index (χ3v) is 4.11. The van der Waals surface area contributed by atoms with Crippen molar-refractivity contribution in [3.05, 3.63) is 70.9 Å². The van der Waals surface area contributed by atoms with Crippen molar-refractivity contribution in [2.75, 3.05) is 13.1 Å². The van der Waals surface area contributed by atoms with E-state index in [2.05, 4.69) is 20.8 Å². The summed E-state index contributed by atoms with van der Waals surface area (Å²) in [5.74, 6) is -0.817. The van der Waals surface area contributed by atoms with Gasteiger partial charge in [0, 0.05) is 23.7 Å². The van der Waals surface area contributed by atoms with Gasteiger partial charge in [-0.1, -0.05) is 35.9 Å². The van der Waals surface area contributed by atoms with Crippen LogP contribution in [0.15, 0.2) is 54.7 Å². The van der Waals surface area contributed by atoms with E-state index in [-0.39, 0.29) is 30.3 Å². The molecule has 0 radical (unpaired) electrons. The Morgan fingerprint density at radius 1 is 0.963 bits per heavy atom. The molecular formula is C19H17ClN4O3. The van der Waals surface area contributed by atoms with E-state index < -0.39 is 5.91 Å². The fourth-order valence-electron chi connectivity index (χ4n) is 2.50. The number of aromatic hydroxyl groups is 1. The molecule has 0 unspecified atom stereocenters. The van der Waals surface area contributed by atoms with Gasteiger partial charge in [-0.3, -0.25) is 14.7 Å². The molecule has 4 N–H and O–H groups in total. The minimum atomic E-state index is -0.410. The number of hydrogen-bond acceptors (Lipinski definition) is 4. The molecule has 0 atom stereocenters. The number of halogens is 1. The summed E-state index contributed by atoms with van der Waals surface area (Å²) in [5.41, 5.74) is 1.95. The third kappa shape index (κ3) is 4.45. The Morgan fingerprint density at radius 3 is 2.26 bits per heavy atom. The third-order valence-electron chi connectivity index (χ3n) is 3.86. The Hall–Kier alpha value is -3.32. The molecular weight excluding hydrogens is 368 g/mol. The number of rotatable bonds is 6. The summed E-state index contributed by atoms with van der Waals surface area (Å²) in [6, 6.07) is 13.3. The maximum atomic E-state index is 12.4. The van der Waals surface area contributed by atoms with Gasteiger partial charge in [0.2, 0.25) is 0 Å². The zero-order chi connectivity index (χ0) is 19.2. The Labute approximate surface area is 160 Å². The van der Waals surface area contributed by atoms with Gasteiger partial charge in [0.25, 0.3) is 11.8 Å². The van der Waals surface area contributed by atoms with Crippen molar-refractivity contribution in [2.24, 2.45) is 0 Å². The van der Waals surface area contributed by atoms with Crippen LogP contribution in [0.1, 0.15) is 20.7 Å². The van der Waals surface area contributed by atoms with Crippen molar-refractivity contribution in [3.63, 3.8) is 0 Å². The standard InChI is InChI=1S/C19H17ClN4O3/c20-13-7-5-12(6-8-13)17-15(11-23-24-17)19(27)22-10-9-21-18(26)14-3-1-2-4-16(14)25/h1-8,11,25H,9-10H2,(H,21,26)(H,22,27)(H,23,24). The second-order valence-electron chi connectivity index (χ2n) is 5.69. The molecule has 8 heteroatoms. The number of aromatic nitrogens is 2. The summed E-state index contributed by atoms with van der Waals surface area (Å²) < 4.78 is 0. The van der Waals surface area contributed by atoms with Gasteiger partial charge in [0.1, 0.15) is 5.75 Å². The second-order valence-corrected chi connectivity index (χ2v) is 6.13. The lowest BCUT2D eigenvalue weighted by atomic mass is 10.1. The molecule has 138 valence electrons. The highest BCUT2D eigenvalue weighted by Gasteiger charge is 2.15. The number of nitrogens with zero attached hydrogens (tertiary/aromatic N) is 1. The minimum absolute atomic E-state index is 0.0926. The van der Waals surface area contributed by atoms with Crippen LogP contribution in [0.5, 0.6) is 5.75 Å². The van der Waals surface area contributed by atoms with Gasteiger partial charge in [0.15, 0.2) is 0 Å². The Kier molecular flexibility index (Phi) is 5.73. The van der Waals surface area contributed by atoms with Crippen LogP contribution in [0, 0.1) is 0 Å². The smallest absolute Gasteiger partial charge is 0.255 e. The van der Waals surface area contributed by atoms with Crippen LogP contribution < -0.4 is 10.6 Å². The van der Waals surface area contributed by atoms with E-state index in [0.29, 0.717) is 16.3 Å². The normalized spacial score (nSPS) is 10.4. The maximum Gasteiger partial charge on any atom is 0.255 e. The molecule has 0 aliphatic carbocycles. The van der Waals surface area contributed by atoms with Crippen molar-refractivity contribution in [1.82, 2.24) is 20.8 Å². The molecule has 0 saturated carbocycles. The van der Waals surface area contributed by atoms with E-state index in [1.807, 2.05) is 0 Å². The first-order chi connectivity index (χ1) is 13.1. The molecule has 0 bridgehead atoms. The van der Waals surface area contributed by atoms with Gasteiger partial charge in [-0.05, 0) is 24.3 Å². The monoisotopic (exact) mass is 384 g/mol. The van der Waals surface area contributed by atoms with E-state index in [9.17, 15) is 14.7 Å². The average Bonchev–Trinajstić information content (AvgIpc) is 3.16. The van der Waals surface area contributed by atoms with Crippen LogP contribution in [-0.2, 0) is 0 Å². The number of H-pyrrole nitrogens is 1. The van der Waals surface area contributed by atoms with Crippen LogP contribution in [0.25, 0.3) is 11.3 Å². The van der Waals surface area contributed by atoms with Crippen LogP contribution in [0.3, 0.4) is 0 Å². The Bertz CT molecular complexity index is 954. The van der Waals surface area contributed by atoms with E-state index in [0.717, 1.165) is 5.56 Å². The molecule has 1 heterocycles. The van der Waals surface area contributed by atoms with Gasteiger partial charge < -0.3 is 15.7 Å². The molecule has 0 aliphatic rings. The Morgan fingerprint density at radius 2 is 1.59 bits per heavy atom. The van der Waals surface area contributed by atoms with Gasteiger partial charge in [-0.15, -0.1) is 0 Å². The van der Waals surface area contributed by atoms with Gasteiger partial charge in [0.05, 0.1) is 23.0 Å². The topological polar surface area (TPSA) is 107 Å². The zero-order valence-electron chi connectivity index (χ0n) is 14.2. The zero-order valence-corrected chi connectivity index (χ0v) is 15.0. The van der Waals surface area contributed by atoms with Crippen LogP contribution in [-0.4, -0.2) is 40.2 Å². The molecule has 1 aromatic heterocycles. The predicted molar refractivity (Wildman–Crippen MR) is 102 cm³/mol. The molecule has 0 saturated heterocycles. The molecule has 3 rings (SSSR count). The first kappa shape index (κ1) is 18.5. The molecule has 0 aliphatic heterocycles. The SMILES string of the molecule is O=C(NCCNC(=O)c1cn[nH]c1-c1ccc(Cl)cc1)c1ccccc1O. The number of benzene rings is 2. The summed E-state index contributed by atoms with van der Waals surface area (Å²) in [6.07, 6.45) is 1.44. The number of nitrogens with one attached hydrogen (secondary N) is 3. The number of hydrogen-bond donors (Lipinski definition) is 4. The molecule has 7 nitrogen and oxygen atoms in total. The quantitative estimate of drug-likeness (QED) is 0.490. The maximum absolute atomic E-state index is 12.4. The van der Waals surface area contributed by atoms with E-state index in [1.165, 1.54) is 18.3 Å². The van der Waals surface area contributed by atoms with Gasteiger partial charge in [-0.2, -0.15) is 5.10 Å². The molecule has 2 amide bonds. The van der Waals surface area contributed by atoms with Crippen molar-refractivity contribution in [1.29, 1.82) is 0 Å². The van der Waals surface area contributed by atoms with Crippen LogP contribution in [0.2, 0.25) is 5.02 Å². The molecule has 3 aromatic rings. The summed E-state index contributed by atoms with van der Waals surface area (Å²) in [7, 11) is 0. The Balaban J connectivity index is 1.55. The van der Waals surface area contributed by atoms with Gasteiger partial charge in [-0.25, -0.2) is 0 Å². The predicted octanol–water partition coefficient (Wildman–Crippen LogP) is 2.60. The number of carbonyl (C=O) groups is 2. The highest BCUT2D eigenvalue weighted by atomic mass is 35.5. The highest BCUT2D eigenvalue weighted by Crippen LogP contribution is 2.22. The van der Waals surface area contributed by atoms with Crippen molar-refractivity contribution < 1.29 is 14.7 Å². The lowest BCUT2D eigenvalue weighted by Crippen LogP contribution is -2.34. The number of phenolic OH excluding ortho intramolecular Hbond substituents is 1. The van der Waals surface area contributed by atoms with Crippen LogP contribution >= 0.6 is 11.6 Å². The number of amides is 2. The van der Waals surface area contributed by atoms with Crippen molar-refractivity contribution in [3.8, 4) is 17.0 Å². The summed E-state index contributed by atoms with van der Waals surface area (Å²) in [5, 5.41) is 22.4. The fourth-order valence-corrected chi connectivity index (χ4v) is 2.63. The summed E-state index contributed by atoms with van der Waals surface area (Å²) in [6.45, 7) is 0.441. The molecule has 0 fully saturated rings. The largest absolute Gasteiger partial charge is 0.507 e.